The van der Waals surface area contributed by atoms with Gasteiger partial charge < -0.3 is 9.64 Å². The van der Waals surface area contributed by atoms with Gasteiger partial charge in [0.05, 0.1) is 12.0 Å². The maximum atomic E-state index is 13.0. The third-order valence-corrected chi connectivity index (χ3v) is 7.89. The number of ether oxygens (including phenoxy) is 1. The highest BCUT2D eigenvalue weighted by molar-refractivity contribution is 7.14. The van der Waals surface area contributed by atoms with E-state index in [9.17, 15) is 4.79 Å². The van der Waals surface area contributed by atoms with E-state index in [1.807, 2.05) is 20.2 Å². The molecule has 2 atom stereocenters. The van der Waals surface area contributed by atoms with Crippen LogP contribution < -0.4 is 9.64 Å². The molecule has 1 aromatic heterocycles. The average molecular weight is 384 g/mol. The maximum Gasteiger partial charge on any atom is 0.173 e. The lowest BCUT2D eigenvalue weighted by Crippen LogP contribution is -2.09. The molecule has 1 heterocycles. The number of thiophene rings is 1. The molecule has 0 N–H and O–H groups in total. The van der Waals surface area contributed by atoms with Gasteiger partial charge in [-0.2, -0.15) is 0 Å². The van der Waals surface area contributed by atoms with Crippen LogP contribution in [-0.4, -0.2) is 27.0 Å². The Morgan fingerprint density at radius 1 is 1.33 bits per heavy atom. The molecule has 1 aromatic carbocycles. The van der Waals surface area contributed by atoms with Gasteiger partial charge in [-0.15, -0.1) is 11.3 Å². The van der Waals surface area contributed by atoms with Gasteiger partial charge in [-0.1, -0.05) is 19.9 Å². The number of rotatable bonds is 6. The molecule has 4 heteroatoms. The Morgan fingerprint density at radius 2 is 2.07 bits per heavy atom. The molecule has 0 amide bonds. The van der Waals surface area contributed by atoms with Crippen LogP contribution in [0.1, 0.15) is 57.4 Å². The fourth-order valence-electron chi connectivity index (χ4n) is 4.94. The number of fused-ring (bicyclic) bond motifs is 3. The van der Waals surface area contributed by atoms with Crippen molar-refractivity contribution in [2.75, 3.05) is 26.1 Å². The van der Waals surface area contributed by atoms with Gasteiger partial charge in [0.2, 0.25) is 0 Å². The number of Topliss-reactive ketones (excluding diaryl/α,β-unsaturated/α-hetero) is 1. The van der Waals surface area contributed by atoms with Crippen molar-refractivity contribution in [1.29, 1.82) is 0 Å². The quantitative estimate of drug-likeness (QED) is 0.639. The van der Waals surface area contributed by atoms with Crippen molar-refractivity contribution >= 4 is 22.8 Å². The molecule has 4 rings (SSSR count). The summed E-state index contributed by atoms with van der Waals surface area (Å²) < 4.78 is 5.56. The molecule has 0 unspecified atom stereocenters. The molecular formula is C23H29NO2S. The van der Waals surface area contributed by atoms with E-state index in [0.29, 0.717) is 23.5 Å². The molecule has 0 aliphatic heterocycles. The molecule has 0 saturated heterocycles. The number of hydrogen-bond acceptors (Lipinski definition) is 4. The smallest absolute Gasteiger partial charge is 0.173 e. The van der Waals surface area contributed by atoms with Gasteiger partial charge in [0, 0.05) is 37.1 Å². The average Bonchev–Trinajstić information content (AvgIpc) is 2.96. The summed E-state index contributed by atoms with van der Waals surface area (Å²) >= 11 is 1.72. The van der Waals surface area contributed by atoms with E-state index < -0.39 is 0 Å². The first kappa shape index (κ1) is 18.5. The van der Waals surface area contributed by atoms with E-state index in [-0.39, 0.29) is 0 Å². The number of carbonyl (C=O) groups excluding carboxylic acids is 1. The minimum absolute atomic E-state index is 0.294. The summed E-state index contributed by atoms with van der Waals surface area (Å²) in [5.74, 6) is 2.59. The van der Waals surface area contributed by atoms with Gasteiger partial charge in [0.25, 0.3) is 0 Å². The summed E-state index contributed by atoms with van der Waals surface area (Å²) in [6, 6.07) is 6.22. The molecule has 27 heavy (non-hydrogen) atoms. The van der Waals surface area contributed by atoms with Gasteiger partial charge in [-0.3, -0.25) is 4.79 Å². The van der Waals surface area contributed by atoms with Crippen molar-refractivity contribution in [3.63, 3.8) is 0 Å². The Kier molecular flexibility index (Phi) is 4.38. The lowest BCUT2D eigenvalue weighted by atomic mass is 9.94. The van der Waals surface area contributed by atoms with Crippen molar-refractivity contribution < 1.29 is 9.53 Å². The Balaban J connectivity index is 1.51. The van der Waals surface area contributed by atoms with E-state index in [1.54, 1.807) is 18.4 Å². The van der Waals surface area contributed by atoms with Crippen molar-refractivity contribution in [2.45, 2.75) is 46.0 Å². The van der Waals surface area contributed by atoms with Crippen LogP contribution in [0.2, 0.25) is 0 Å². The highest BCUT2D eigenvalue weighted by Crippen LogP contribution is 2.71. The topological polar surface area (TPSA) is 29.5 Å². The number of anilines is 1. The zero-order valence-electron chi connectivity index (χ0n) is 17.2. The number of nitrogens with zero attached hydrogens (tertiary/aromatic N) is 1. The molecular weight excluding hydrogens is 354 g/mol. The second-order valence-electron chi connectivity index (χ2n) is 8.80. The zero-order valence-corrected chi connectivity index (χ0v) is 18.0. The van der Waals surface area contributed by atoms with Crippen LogP contribution >= 0.6 is 11.3 Å². The first-order valence-electron chi connectivity index (χ1n) is 9.75. The minimum Gasteiger partial charge on any atom is -0.496 e. The Labute approximate surface area is 166 Å². The second kappa shape index (κ2) is 6.37. The first-order chi connectivity index (χ1) is 12.8. The van der Waals surface area contributed by atoms with Crippen molar-refractivity contribution in [3.05, 3.63) is 44.6 Å². The van der Waals surface area contributed by atoms with Crippen molar-refractivity contribution in [3.8, 4) is 5.75 Å². The fraction of sp³-hybridized carbons (Fsp3) is 0.522. The van der Waals surface area contributed by atoms with E-state index in [1.165, 1.54) is 16.0 Å². The highest BCUT2D eigenvalue weighted by atomic mass is 32.1. The van der Waals surface area contributed by atoms with Gasteiger partial charge in [-0.25, -0.2) is 0 Å². The van der Waals surface area contributed by atoms with Gasteiger partial charge in [0.15, 0.2) is 5.78 Å². The van der Waals surface area contributed by atoms with Crippen LogP contribution in [0.4, 0.5) is 5.69 Å². The zero-order chi connectivity index (χ0) is 19.5. The second-order valence-corrected chi connectivity index (χ2v) is 10.0. The van der Waals surface area contributed by atoms with E-state index >= 15 is 0 Å². The normalized spacial score (nSPS) is 21.6. The Hall–Kier alpha value is -1.81. The highest BCUT2D eigenvalue weighted by Gasteiger charge is 2.63. The van der Waals surface area contributed by atoms with Crippen LogP contribution in [0.15, 0.2) is 18.2 Å². The molecule has 0 spiro atoms. The van der Waals surface area contributed by atoms with Crippen LogP contribution in [0.3, 0.4) is 0 Å². The molecule has 2 aromatic rings. The third-order valence-electron chi connectivity index (χ3n) is 6.68. The van der Waals surface area contributed by atoms with Crippen LogP contribution in [-0.2, 0) is 12.8 Å². The Morgan fingerprint density at radius 3 is 2.74 bits per heavy atom. The molecule has 1 fully saturated rings. The molecule has 144 valence electrons. The number of aryl methyl sites for hydroxylation is 2. The number of carbonyl (C=O) groups is 1. The Bertz CT molecular complexity index is 909. The van der Waals surface area contributed by atoms with Crippen LogP contribution in [0, 0.1) is 18.3 Å². The molecule has 2 aliphatic carbocycles. The largest absolute Gasteiger partial charge is 0.496 e. The van der Waals surface area contributed by atoms with Crippen LogP contribution in [0.25, 0.3) is 0 Å². The summed E-state index contributed by atoms with van der Waals surface area (Å²) in [6.45, 7) is 6.93. The van der Waals surface area contributed by atoms with Gasteiger partial charge in [0.1, 0.15) is 5.75 Å². The fourth-order valence-corrected chi connectivity index (χ4v) is 6.14. The van der Waals surface area contributed by atoms with E-state index in [0.717, 1.165) is 40.6 Å². The van der Waals surface area contributed by atoms with Gasteiger partial charge in [-0.05, 0) is 59.8 Å². The lowest BCUT2D eigenvalue weighted by molar-refractivity contribution is 0.0985. The molecule has 2 aliphatic rings. The lowest BCUT2D eigenvalue weighted by Gasteiger charge is -2.16. The number of hydrogen-bond donors (Lipinski definition) is 0. The first-order valence-corrected chi connectivity index (χ1v) is 10.6. The minimum atomic E-state index is 0.294. The predicted octanol–water partition coefficient (Wildman–Crippen LogP) is 5.24. The summed E-state index contributed by atoms with van der Waals surface area (Å²) in [4.78, 5) is 17.5. The monoisotopic (exact) mass is 383 g/mol. The summed E-state index contributed by atoms with van der Waals surface area (Å²) in [5, 5.41) is 0. The van der Waals surface area contributed by atoms with Crippen LogP contribution in [0.5, 0.6) is 5.75 Å². The van der Waals surface area contributed by atoms with Gasteiger partial charge >= 0.3 is 0 Å². The SMILES string of the molecule is COc1cc(N(C)C)ccc1CCC(=O)c1sc(C)c2c1C[C@@H]1[C@H]2C1(C)C. The number of methoxy groups -OCH3 is 1. The van der Waals surface area contributed by atoms with Crippen molar-refractivity contribution in [2.24, 2.45) is 11.3 Å². The summed E-state index contributed by atoms with van der Waals surface area (Å²) in [6.07, 6.45) is 2.36. The standard InChI is InChI=1S/C23H29NO2S/c1-13-20-16(12-17-21(20)23(17,2)3)22(27-13)18(25)10-8-14-7-9-15(24(4)5)11-19(14)26-6/h7,9,11,17,21H,8,10,12H2,1-6H3/t17-,21-/m1/s1. The number of ketones is 1. The molecule has 0 radical (unpaired) electrons. The number of benzene rings is 1. The maximum absolute atomic E-state index is 13.0. The third kappa shape index (κ3) is 2.89. The van der Waals surface area contributed by atoms with E-state index in [4.69, 9.17) is 4.74 Å². The summed E-state index contributed by atoms with van der Waals surface area (Å²) in [7, 11) is 5.73. The molecule has 0 bridgehead atoms. The summed E-state index contributed by atoms with van der Waals surface area (Å²) in [5.41, 5.74) is 5.51. The van der Waals surface area contributed by atoms with E-state index in [2.05, 4.69) is 37.8 Å². The molecule has 3 nitrogen and oxygen atoms in total. The van der Waals surface area contributed by atoms with Crippen molar-refractivity contribution in [1.82, 2.24) is 0 Å². The predicted molar refractivity (Wildman–Crippen MR) is 113 cm³/mol. The molecule has 1 saturated carbocycles.